The Kier molecular flexibility index (Phi) is 12.0. The summed E-state index contributed by atoms with van der Waals surface area (Å²) < 4.78 is 0. The molecule has 0 aliphatic rings. The fourth-order valence-corrected chi connectivity index (χ4v) is 1.40. The zero-order valence-electron chi connectivity index (χ0n) is 9.67. The summed E-state index contributed by atoms with van der Waals surface area (Å²) in [6, 6.07) is 0. The molecule has 0 saturated carbocycles. The number of hydrogen-bond donors (Lipinski definition) is 0. The highest BCUT2D eigenvalue weighted by molar-refractivity contribution is 4.82. The van der Waals surface area contributed by atoms with Gasteiger partial charge in [-0.3, -0.25) is 0 Å². The first-order chi connectivity index (χ1) is 6.91. The maximum Gasteiger partial charge on any atom is -0.0351 e. The second-order valence-electron chi connectivity index (χ2n) is 3.63. The van der Waals surface area contributed by atoms with Crippen LogP contribution in [0.5, 0.6) is 0 Å². The van der Waals surface area contributed by atoms with Gasteiger partial charge in [0.15, 0.2) is 0 Å². The minimum Gasteiger partial charge on any atom is -0.0888 e. The quantitative estimate of drug-likeness (QED) is 0.354. The molecule has 0 N–H and O–H groups in total. The zero-order valence-corrected chi connectivity index (χ0v) is 9.67. The van der Waals surface area contributed by atoms with Crippen molar-refractivity contribution in [2.45, 2.75) is 58.3 Å². The standard InChI is InChI=1S/C14H25/c1-3-5-7-9-11-13-14-12-10-8-6-4-2/h5-8H,1,3-4,9-14H2,2H3/b7-5+,8-6+. The predicted octanol–water partition coefficient (Wildman–Crippen LogP) is 5.07. The Morgan fingerprint density at radius 1 is 0.786 bits per heavy atom. The van der Waals surface area contributed by atoms with E-state index >= 15 is 0 Å². The summed E-state index contributed by atoms with van der Waals surface area (Å²) in [7, 11) is 0. The minimum atomic E-state index is 0.932. The molecular formula is C14H25. The summed E-state index contributed by atoms with van der Waals surface area (Å²) in [6.07, 6.45) is 19.0. The second-order valence-corrected chi connectivity index (χ2v) is 3.63. The van der Waals surface area contributed by atoms with Crippen molar-refractivity contribution in [3.8, 4) is 0 Å². The van der Waals surface area contributed by atoms with Crippen molar-refractivity contribution in [1.82, 2.24) is 0 Å². The number of hydrogen-bond acceptors (Lipinski definition) is 0. The summed E-state index contributed by atoms with van der Waals surface area (Å²) in [5.74, 6) is 0. The van der Waals surface area contributed by atoms with Crippen LogP contribution in [0.2, 0.25) is 0 Å². The first-order valence-electron chi connectivity index (χ1n) is 6.01. The Hall–Kier alpha value is -0.520. The summed E-state index contributed by atoms with van der Waals surface area (Å²) in [5.41, 5.74) is 0. The van der Waals surface area contributed by atoms with Gasteiger partial charge in [0.05, 0.1) is 0 Å². The maximum absolute atomic E-state index is 3.77. The summed E-state index contributed by atoms with van der Waals surface area (Å²) >= 11 is 0. The van der Waals surface area contributed by atoms with Crippen molar-refractivity contribution in [3.63, 3.8) is 0 Å². The second kappa shape index (κ2) is 12.5. The lowest BCUT2D eigenvalue weighted by molar-refractivity contribution is 0.651. The third-order valence-corrected chi connectivity index (χ3v) is 2.23. The topological polar surface area (TPSA) is 0 Å². The van der Waals surface area contributed by atoms with Crippen LogP contribution < -0.4 is 0 Å². The number of rotatable bonds is 9. The van der Waals surface area contributed by atoms with Crippen LogP contribution in [0.25, 0.3) is 0 Å². The van der Waals surface area contributed by atoms with Gasteiger partial charge in [-0.2, -0.15) is 0 Å². The van der Waals surface area contributed by atoms with Gasteiger partial charge in [0.25, 0.3) is 0 Å². The lowest BCUT2D eigenvalue weighted by Gasteiger charge is -1.96. The molecular weight excluding hydrogens is 168 g/mol. The molecule has 0 heterocycles. The molecule has 0 unspecified atom stereocenters. The Morgan fingerprint density at radius 3 is 1.86 bits per heavy atom. The highest BCUT2D eigenvalue weighted by atomic mass is 13.9. The van der Waals surface area contributed by atoms with Gasteiger partial charge in [-0.25, -0.2) is 0 Å². The molecule has 1 radical (unpaired) electrons. The van der Waals surface area contributed by atoms with E-state index in [0.29, 0.717) is 0 Å². The van der Waals surface area contributed by atoms with Crippen molar-refractivity contribution in [1.29, 1.82) is 0 Å². The average Bonchev–Trinajstić information content (AvgIpc) is 2.21. The van der Waals surface area contributed by atoms with Gasteiger partial charge in [-0.15, -0.1) is 0 Å². The van der Waals surface area contributed by atoms with E-state index in [0.717, 1.165) is 6.42 Å². The molecule has 0 aliphatic carbocycles. The average molecular weight is 193 g/mol. The van der Waals surface area contributed by atoms with Crippen molar-refractivity contribution in [3.05, 3.63) is 31.2 Å². The predicted molar refractivity (Wildman–Crippen MR) is 66.2 cm³/mol. The van der Waals surface area contributed by atoms with Crippen molar-refractivity contribution < 1.29 is 0 Å². The Bertz CT molecular complexity index is 124. The molecule has 0 nitrogen and oxygen atoms in total. The highest BCUT2D eigenvalue weighted by Crippen LogP contribution is 2.06. The van der Waals surface area contributed by atoms with Crippen LogP contribution >= 0.6 is 0 Å². The van der Waals surface area contributed by atoms with Gasteiger partial charge in [-0.05, 0) is 45.4 Å². The van der Waals surface area contributed by atoms with E-state index < -0.39 is 0 Å². The summed E-state index contributed by atoms with van der Waals surface area (Å²) in [4.78, 5) is 0. The summed E-state index contributed by atoms with van der Waals surface area (Å²) in [5, 5.41) is 0. The Labute approximate surface area is 90.1 Å². The van der Waals surface area contributed by atoms with Crippen molar-refractivity contribution >= 4 is 0 Å². The first-order valence-corrected chi connectivity index (χ1v) is 6.01. The van der Waals surface area contributed by atoms with Crippen LogP contribution in [-0.4, -0.2) is 0 Å². The van der Waals surface area contributed by atoms with Gasteiger partial charge >= 0.3 is 0 Å². The molecule has 0 fully saturated rings. The maximum atomic E-state index is 3.77. The van der Waals surface area contributed by atoms with E-state index in [1.54, 1.807) is 0 Å². The third kappa shape index (κ3) is 11.5. The first kappa shape index (κ1) is 13.5. The van der Waals surface area contributed by atoms with Gasteiger partial charge < -0.3 is 0 Å². The van der Waals surface area contributed by atoms with Crippen molar-refractivity contribution in [2.24, 2.45) is 0 Å². The largest absolute Gasteiger partial charge is 0.0888 e. The molecule has 0 aromatic heterocycles. The van der Waals surface area contributed by atoms with Crippen molar-refractivity contribution in [2.75, 3.05) is 0 Å². The summed E-state index contributed by atoms with van der Waals surface area (Å²) in [6.45, 7) is 5.95. The highest BCUT2D eigenvalue weighted by Gasteiger charge is 1.86. The smallest absolute Gasteiger partial charge is 0.0351 e. The third-order valence-electron chi connectivity index (χ3n) is 2.23. The lowest BCUT2D eigenvalue weighted by atomic mass is 10.1. The van der Waals surface area contributed by atoms with Crippen LogP contribution in [-0.2, 0) is 0 Å². The molecule has 0 aromatic carbocycles. The fraction of sp³-hybridized carbons (Fsp3) is 0.643. The van der Waals surface area contributed by atoms with Gasteiger partial charge in [0.1, 0.15) is 0 Å². The minimum absolute atomic E-state index is 0.932. The van der Waals surface area contributed by atoms with E-state index in [4.69, 9.17) is 0 Å². The van der Waals surface area contributed by atoms with E-state index in [9.17, 15) is 0 Å². The van der Waals surface area contributed by atoms with E-state index in [1.165, 1.54) is 44.9 Å². The van der Waals surface area contributed by atoms with Crippen LogP contribution in [0.4, 0.5) is 0 Å². The molecule has 0 aromatic rings. The normalized spacial score (nSPS) is 11.9. The van der Waals surface area contributed by atoms with E-state index in [2.05, 4.69) is 38.2 Å². The molecule has 0 atom stereocenters. The lowest BCUT2D eigenvalue weighted by Crippen LogP contribution is -1.76. The van der Waals surface area contributed by atoms with Crippen LogP contribution in [0, 0.1) is 6.92 Å². The Morgan fingerprint density at radius 2 is 1.36 bits per heavy atom. The molecule has 0 spiro atoms. The fourth-order valence-electron chi connectivity index (χ4n) is 1.40. The van der Waals surface area contributed by atoms with Gasteiger partial charge in [0, 0.05) is 0 Å². The Balaban J connectivity index is 2.99. The number of unbranched alkanes of at least 4 members (excludes halogenated alkanes) is 5. The van der Waals surface area contributed by atoms with E-state index in [-0.39, 0.29) is 0 Å². The van der Waals surface area contributed by atoms with Crippen LogP contribution in [0.1, 0.15) is 58.3 Å². The molecule has 0 bridgehead atoms. The van der Waals surface area contributed by atoms with Crippen LogP contribution in [0.15, 0.2) is 24.3 Å². The van der Waals surface area contributed by atoms with Gasteiger partial charge in [-0.1, -0.05) is 44.1 Å². The van der Waals surface area contributed by atoms with Gasteiger partial charge in [0.2, 0.25) is 0 Å². The molecule has 0 rings (SSSR count). The molecule has 81 valence electrons. The number of allylic oxidation sites excluding steroid dienone is 4. The van der Waals surface area contributed by atoms with E-state index in [1.807, 2.05) is 0 Å². The molecule has 0 saturated heterocycles. The SMILES string of the molecule is [CH2]C/C=C/CCCCCC/C=C/CC. The molecule has 0 aliphatic heterocycles. The zero-order chi connectivity index (χ0) is 10.5. The molecule has 0 heteroatoms. The molecule has 0 amide bonds. The van der Waals surface area contributed by atoms with Crippen LogP contribution in [0.3, 0.4) is 0 Å². The monoisotopic (exact) mass is 193 g/mol. The molecule has 14 heavy (non-hydrogen) atoms.